The third-order valence-corrected chi connectivity index (χ3v) is 9.02. The minimum atomic E-state index is 0. The van der Waals surface area contributed by atoms with Crippen LogP contribution in [-0.2, 0) is 0 Å². The molecule has 0 amide bonds. The predicted octanol–water partition coefficient (Wildman–Crippen LogP) is 14.4. The number of hydrogen-bond donors (Lipinski definition) is 0. The van der Waals surface area contributed by atoms with Crippen LogP contribution in [0.1, 0.15) is 7.43 Å². The van der Waals surface area contributed by atoms with Crippen LogP contribution in [0, 0.1) is 0 Å². The standard InChI is InChI=1S/C48H37N3.CH4/c1-6-16-40(17-7-1)49(41-18-8-2-9-19-41)45-30-26-38(27-31-45)39-28-32-46(33-29-39)51(44-24-14-5-15-25-44)48-36-34-47(35-37-48)50(42-20-10-3-11-21-42)43-22-12-4-13-23-43;/h1-37H;1H4. The van der Waals surface area contributed by atoms with Crippen molar-refractivity contribution in [3.8, 4) is 11.1 Å². The molecule has 0 bridgehead atoms. The van der Waals surface area contributed by atoms with E-state index in [1.165, 1.54) is 11.1 Å². The van der Waals surface area contributed by atoms with Crippen molar-refractivity contribution >= 4 is 51.2 Å². The van der Waals surface area contributed by atoms with Gasteiger partial charge in [0.1, 0.15) is 0 Å². The Kier molecular flexibility index (Phi) is 10.2. The van der Waals surface area contributed by atoms with Gasteiger partial charge in [-0.1, -0.05) is 123 Å². The van der Waals surface area contributed by atoms with Crippen molar-refractivity contribution in [2.45, 2.75) is 7.43 Å². The SMILES string of the molecule is C.c1ccc(N(c2ccccc2)c2ccc(-c3ccc(N(c4ccccc4)c4ccc(N(c5ccccc5)c5ccccc5)cc4)cc3)cc2)cc1. The van der Waals surface area contributed by atoms with E-state index in [0.717, 1.165) is 51.2 Å². The van der Waals surface area contributed by atoms with E-state index in [0.29, 0.717) is 0 Å². The van der Waals surface area contributed by atoms with E-state index in [-0.39, 0.29) is 7.43 Å². The maximum absolute atomic E-state index is 2.31. The van der Waals surface area contributed by atoms with E-state index in [2.05, 4.69) is 239 Å². The number of hydrogen-bond acceptors (Lipinski definition) is 3. The van der Waals surface area contributed by atoms with Crippen molar-refractivity contribution in [2.24, 2.45) is 0 Å². The highest BCUT2D eigenvalue weighted by Crippen LogP contribution is 2.40. The fourth-order valence-electron chi connectivity index (χ4n) is 6.58. The van der Waals surface area contributed by atoms with Gasteiger partial charge in [-0.05, 0) is 120 Å². The second-order valence-corrected chi connectivity index (χ2v) is 12.3. The number of rotatable bonds is 10. The Balaban J connectivity index is 0.00000420. The van der Waals surface area contributed by atoms with Gasteiger partial charge in [0.05, 0.1) is 0 Å². The van der Waals surface area contributed by atoms with E-state index in [9.17, 15) is 0 Å². The van der Waals surface area contributed by atoms with Crippen LogP contribution in [-0.4, -0.2) is 0 Å². The summed E-state index contributed by atoms with van der Waals surface area (Å²) in [6.07, 6.45) is 0. The van der Waals surface area contributed by atoms with Gasteiger partial charge in [0.15, 0.2) is 0 Å². The third kappa shape index (κ3) is 7.21. The fourth-order valence-corrected chi connectivity index (χ4v) is 6.58. The van der Waals surface area contributed by atoms with Crippen LogP contribution in [0.4, 0.5) is 51.2 Å². The Morgan fingerprint density at radius 3 is 0.519 bits per heavy atom. The molecule has 8 aromatic carbocycles. The molecule has 0 heterocycles. The van der Waals surface area contributed by atoms with Crippen molar-refractivity contribution in [1.29, 1.82) is 0 Å². The molecule has 0 fully saturated rings. The second-order valence-electron chi connectivity index (χ2n) is 12.3. The molecule has 3 heteroatoms. The lowest BCUT2D eigenvalue weighted by Gasteiger charge is -2.28. The lowest BCUT2D eigenvalue weighted by Crippen LogP contribution is -2.12. The molecule has 0 aliphatic carbocycles. The van der Waals surface area contributed by atoms with Gasteiger partial charge in [-0.15, -0.1) is 0 Å². The van der Waals surface area contributed by atoms with E-state index in [1.54, 1.807) is 0 Å². The van der Waals surface area contributed by atoms with Gasteiger partial charge in [0.2, 0.25) is 0 Å². The molecular formula is C49H41N3. The van der Waals surface area contributed by atoms with Crippen molar-refractivity contribution in [3.63, 3.8) is 0 Å². The highest BCUT2D eigenvalue weighted by Gasteiger charge is 2.16. The maximum Gasteiger partial charge on any atom is 0.0463 e. The molecule has 252 valence electrons. The molecule has 0 aromatic heterocycles. The molecule has 0 unspecified atom stereocenters. The number of anilines is 9. The molecule has 52 heavy (non-hydrogen) atoms. The van der Waals surface area contributed by atoms with Gasteiger partial charge < -0.3 is 14.7 Å². The van der Waals surface area contributed by atoms with E-state index >= 15 is 0 Å². The molecule has 8 aromatic rings. The largest absolute Gasteiger partial charge is 0.311 e. The molecular weight excluding hydrogens is 631 g/mol. The monoisotopic (exact) mass is 671 g/mol. The minimum Gasteiger partial charge on any atom is -0.311 e. The highest BCUT2D eigenvalue weighted by atomic mass is 15.2. The van der Waals surface area contributed by atoms with Crippen molar-refractivity contribution < 1.29 is 0 Å². The van der Waals surface area contributed by atoms with Crippen molar-refractivity contribution in [3.05, 3.63) is 224 Å². The van der Waals surface area contributed by atoms with Gasteiger partial charge in [-0.3, -0.25) is 0 Å². The summed E-state index contributed by atoms with van der Waals surface area (Å²) in [5.74, 6) is 0. The minimum absolute atomic E-state index is 0. The molecule has 8 rings (SSSR count). The molecule has 0 N–H and O–H groups in total. The summed E-state index contributed by atoms with van der Waals surface area (Å²) in [6.45, 7) is 0. The zero-order valence-corrected chi connectivity index (χ0v) is 28.2. The smallest absolute Gasteiger partial charge is 0.0463 e. The van der Waals surface area contributed by atoms with Crippen molar-refractivity contribution in [2.75, 3.05) is 14.7 Å². The van der Waals surface area contributed by atoms with Gasteiger partial charge in [0.25, 0.3) is 0 Å². The van der Waals surface area contributed by atoms with Gasteiger partial charge in [-0.2, -0.15) is 0 Å². The van der Waals surface area contributed by atoms with E-state index in [4.69, 9.17) is 0 Å². The van der Waals surface area contributed by atoms with Crippen LogP contribution in [0.15, 0.2) is 224 Å². The molecule has 0 radical (unpaired) electrons. The normalized spacial score (nSPS) is 10.5. The van der Waals surface area contributed by atoms with Crippen molar-refractivity contribution in [1.82, 2.24) is 0 Å². The molecule has 0 aliphatic heterocycles. The zero-order chi connectivity index (χ0) is 34.2. The summed E-state index contributed by atoms with van der Waals surface area (Å²) in [4.78, 5) is 6.88. The Morgan fingerprint density at radius 1 is 0.173 bits per heavy atom. The Hall–Kier alpha value is -6.84. The number of nitrogens with zero attached hydrogens (tertiary/aromatic N) is 3. The summed E-state index contributed by atoms with van der Waals surface area (Å²) in [6, 6.07) is 79.1. The first kappa shape index (κ1) is 33.6. The van der Waals surface area contributed by atoms with Crippen LogP contribution in [0.25, 0.3) is 11.1 Å². The molecule has 0 saturated carbocycles. The topological polar surface area (TPSA) is 9.72 Å². The van der Waals surface area contributed by atoms with E-state index in [1.807, 2.05) is 0 Å². The molecule has 0 saturated heterocycles. The van der Waals surface area contributed by atoms with Gasteiger partial charge >= 0.3 is 0 Å². The van der Waals surface area contributed by atoms with E-state index < -0.39 is 0 Å². The van der Waals surface area contributed by atoms with Crippen LogP contribution in [0.5, 0.6) is 0 Å². The molecule has 0 spiro atoms. The quantitative estimate of drug-likeness (QED) is 0.143. The highest BCUT2D eigenvalue weighted by molar-refractivity contribution is 5.83. The summed E-state index contributed by atoms with van der Waals surface area (Å²) in [5.41, 5.74) is 12.3. The van der Waals surface area contributed by atoms with Gasteiger partial charge in [-0.25, -0.2) is 0 Å². The first-order valence-corrected chi connectivity index (χ1v) is 17.3. The molecule has 3 nitrogen and oxygen atoms in total. The first-order valence-electron chi connectivity index (χ1n) is 17.3. The predicted molar refractivity (Wildman–Crippen MR) is 223 cm³/mol. The first-order chi connectivity index (χ1) is 25.3. The molecule has 0 aliphatic rings. The number of benzene rings is 8. The van der Waals surface area contributed by atoms with Crippen LogP contribution in [0.3, 0.4) is 0 Å². The Labute approximate surface area is 307 Å². The van der Waals surface area contributed by atoms with Crippen LogP contribution in [0.2, 0.25) is 0 Å². The average Bonchev–Trinajstić information content (AvgIpc) is 3.21. The average molecular weight is 672 g/mol. The summed E-state index contributed by atoms with van der Waals surface area (Å²) >= 11 is 0. The summed E-state index contributed by atoms with van der Waals surface area (Å²) < 4.78 is 0. The third-order valence-electron chi connectivity index (χ3n) is 9.02. The summed E-state index contributed by atoms with van der Waals surface area (Å²) in [5, 5.41) is 0. The number of para-hydroxylation sites is 5. The molecule has 0 atom stereocenters. The second kappa shape index (κ2) is 15.8. The maximum atomic E-state index is 2.31. The zero-order valence-electron chi connectivity index (χ0n) is 28.2. The van der Waals surface area contributed by atoms with Crippen LogP contribution < -0.4 is 14.7 Å². The lowest BCUT2D eigenvalue weighted by atomic mass is 10.0. The lowest BCUT2D eigenvalue weighted by molar-refractivity contribution is 1.26. The van der Waals surface area contributed by atoms with Gasteiger partial charge in [0, 0.05) is 51.2 Å². The Bertz CT molecular complexity index is 2180. The fraction of sp³-hybridized carbons (Fsp3) is 0.0204. The van der Waals surface area contributed by atoms with Crippen LogP contribution >= 0.6 is 0 Å². The summed E-state index contributed by atoms with van der Waals surface area (Å²) in [7, 11) is 0. The Morgan fingerprint density at radius 2 is 0.327 bits per heavy atom.